The Morgan fingerprint density at radius 3 is 0.635 bits per heavy atom. The van der Waals surface area contributed by atoms with Crippen molar-refractivity contribution in [3.8, 4) is 0 Å². The van der Waals surface area contributed by atoms with Crippen LogP contribution in [0.5, 0.6) is 0 Å². The molecule has 0 aromatic heterocycles. The Hall–Kier alpha value is -1.59. The lowest BCUT2D eigenvalue weighted by atomic mass is 10.0. The first-order valence-electron chi connectivity index (χ1n) is 28.5. The summed E-state index contributed by atoms with van der Waals surface area (Å²) < 4.78 is 16.7. The molecule has 1 atom stereocenters. The molecule has 0 aliphatic heterocycles. The number of hydrogen-bond donors (Lipinski definition) is 0. The summed E-state index contributed by atoms with van der Waals surface area (Å²) in [6.07, 6.45) is 58.5. The van der Waals surface area contributed by atoms with Crippen molar-refractivity contribution >= 4 is 17.9 Å². The van der Waals surface area contributed by atoms with Crippen LogP contribution in [0.3, 0.4) is 0 Å². The highest BCUT2D eigenvalue weighted by atomic mass is 16.6. The molecule has 0 aromatic rings. The lowest BCUT2D eigenvalue weighted by Crippen LogP contribution is -2.30. The quantitative estimate of drug-likeness (QED) is 0.0344. The van der Waals surface area contributed by atoms with Gasteiger partial charge in [0.05, 0.1) is 0 Å². The number of hydrogen-bond acceptors (Lipinski definition) is 6. The molecule has 0 heterocycles. The van der Waals surface area contributed by atoms with Gasteiger partial charge in [-0.3, -0.25) is 14.4 Å². The monoisotopic (exact) mass is 891 g/mol. The van der Waals surface area contributed by atoms with Gasteiger partial charge in [0.1, 0.15) is 13.2 Å². The van der Waals surface area contributed by atoms with Crippen molar-refractivity contribution < 1.29 is 28.6 Å². The predicted octanol–water partition coefficient (Wildman–Crippen LogP) is 18.8. The molecule has 0 amide bonds. The lowest BCUT2D eigenvalue weighted by Gasteiger charge is -2.18. The Labute approximate surface area is 393 Å². The minimum absolute atomic E-state index is 0.0624. The first-order chi connectivity index (χ1) is 31.0. The minimum Gasteiger partial charge on any atom is -0.462 e. The summed E-state index contributed by atoms with van der Waals surface area (Å²) in [6, 6.07) is 0. The zero-order chi connectivity index (χ0) is 45.8. The highest BCUT2D eigenvalue weighted by Gasteiger charge is 2.19. The number of carbonyl (C=O) groups excluding carboxylic acids is 3. The van der Waals surface area contributed by atoms with Crippen LogP contribution >= 0.6 is 0 Å². The van der Waals surface area contributed by atoms with Gasteiger partial charge in [-0.15, -0.1) is 0 Å². The molecule has 6 nitrogen and oxygen atoms in total. The number of carbonyl (C=O) groups is 3. The van der Waals surface area contributed by atoms with Gasteiger partial charge >= 0.3 is 17.9 Å². The van der Waals surface area contributed by atoms with Crippen LogP contribution in [-0.4, -0.2) is 37.2 Å². The average Bonchev–Trinajstić information content (AvgIpc) is 3.28. The van der Waals surface area contributed by atoms with E-state index in [1.807, 2.05) is 0 Å². The Balaban J connectivity index is 4.00. The van der Waals surface area contributed by atoms with Gasteiger partial charge in [0.2, 0.25) is 0 Å². The van der Waals surface area contributed by atoms with Gasteiger partial charge in [0.15, 0.2) is 6.10 Å². The highest BCUT2D eigenvalue weighted by Crippen LogP contribution is 2.18. The second kappa shape index (κ2) is 53.0. The van der Waals surface area contributed by atoms with Crippen LogP contribution in [-0.2, 0) is 28.6 Å². The van der Waals surface area contributed by atoms with E-state index in [1.165, 1.54) is 231 Å². The molecule has 0 saturated heterocycles. The van der Waals surface area contributed by atoms with Crippen LogP contribution in [0.2, 0.25) is 0 Å². The number of ether oxygens (including phenoxy) is 3. The predicted molar refractivity (Wildman–Crippen MR) is 270 cm³/mol. The molecule has 0 N–H and O–H groups in total. The van der Waals surface area contributed by atoms with Crippen LogP contribution in [0.1, 0.15) is 329 Å². The largest absolute Gasteiger partial charge is 0.462 e. The van der Waals surface area contributed by atoms with Gasteiger partial charge in [0.25, 0.3) is 0 Å². The van der Waals surface area contributed by atoms with Crippen molar-refractivity contribution in [3.63, 3.8) is 0 Å². The van der Waals surface area contributed by atoms with Crippen molar-refractivity contribution in [3.05, 3.63) is 0 Å². The summed E-state index contributed by atoms with van der Waals surface area (Å²) in [5, 5.41) is 0. The normalized spacial score (nSPS) is 11.9. The van der Waals surface area contributed by atoms with Gasteiger partial charge in [0, 0.05) is 19.3 Å². The number of unbranched alkanes of at least 4 members (excludes halogenated alkanes) is 42. The third-order valence-corrected chi connectivity index (χ3v) is 13.1. The molecular formula is C57H110O6. The van der Waals surface area contributed by atoms with E-state index in [4.69, 9.17) is 14.2 Å². The van der Waals surface area contributed by atoms with Gasteiger partial charge in [-0.2, -0.15) is 0 Å². The Morgan fingerprint density at radius 2 is 0.429 bits per heavy atom. The third kappa shape index (κ3) is 51.3. The zero-order valence-corrected chi connectivity index (χ0v) is 42.9. The second-order valence-corrected chi connectivity index (χ2v) is 19.6. The maximum absolute atomic E-state index is 12.7. The molecule has 0 aromatic carbocycles. The SMILES string of the molecule is CCCCCCCCCCCCCCCCCCCCCCCCCCCC(=O)OCC(COC(=O)CCCCCCCC)OC(=O)CCCCCCCCCCCCCCCC. The average molecular weight is 892 g/mol. The standard InChI is InChI=1S/C57H110O6/c1-4-7-10-13-16-18-20-22-24-25-26-27-28-29-30-31-32-33-34-36-37-39-41-44-47-50-56(59)62-53-54(52-61-55(58)49-46-43-15-12-9-6-3)63-57(60)51-48-45-42-40-38-35-23-21-19-17-14-11-8-5-2/h54H,4-53H2,1-3H3. The van der Waals surface area contributed by atoms with Crippen molar-refractivity contribution in [2.45, 2.75) is 335 Å². The number of esters is 3. The summed E-state index contributed by atoms with van der Waals surface area (Å²) in [4.78, 5) is 37.8. The topological polar surface area (TPSA) is 78.9 Å². The molecule has 374 valence electrons. The molecule has 6 heteroatoms. The van der Waals surface area contributed by atoms with Gasteiger partial charge in [-0.05, 0) is 19.3 Å². The lowest BCUT2D eigenvalue weighted by molar-refractivity contribution is -0.167. The molecule has 1 unspecified atom stereocenters. The molecule has 0 aliphatic rings. The van der Waals surface area contributed by atoms with Crippen LogP contribution < -0.4 is 0 Å². The number of rotatable bonds is 53. The van der Waals surface area contributed by atoms with E-state index in [0.717, 1.165) is 57.8 Å². The summed E-state index contributed by atoms with van der Waals surface area (Å²) in [5.74, 6) is -0.849. The summed E-state index contributed by atoms with van der Waals surface area (Å²) in [6.45, 7) is 6.64. The first-order valence-corrected chi connectivity index (χ1v) is 28.5. The van der Waals surface area contributed by atoms with Crippen molar-refractivity contribution in [2.75, 3.05) is 13.2 Å². The molecular weight excluding hydrogens is 781 g/mol. The van der Waals surface area contributed by atoms with Crippen molar-refractivity contribution in [1.82, 2.24) is 0 Å². The van der Waals surface area contributed by atoms with Crippen LogP contribution in [0.4, 0.5) is 0 Å². The smallest absolute Gasteiger partial charge is 0.306 e. The second-order valence-electron chi connectivity index (χ2n) is 19.6. The van der Waals surface area contributed by atoms with E-state index in [9.17, 15) is 14.4 Å². The van der Waals surface area contributed by atoms with Crippen LogP contribution in [0.15, 0.2) is 0 Å². The minimum atomic E-state index is -0.759. The highest BCUT2D eigenvalue weighted by molar-refractivity contribution is 5.71. The Bertz CT molecular complexity index is 936. The van der Waals surface area contributed by atoms with Crippen molar-refractivity contribution in [2.24, 2.45) is 0 Å². The van der Waals surface area contributed by atoms with Gasteiger partial charge in [-0.1, -0.05) is 290 Å². The van der Waals surface area contributed by atoms with Crippen LogP contribution in [0.25, 0.3) is 0 Å². The van der Waals surface area contributed by atoms with Crippen LogP contribution in [0, 0.1) is 0 Å². The summed E-state index contributed by atoms with van der Waals surface area (Å²) >= 11 is 0. The molecule has 0 saturated carbocycles. The van der Waals surface area contributed by atoms with E-state index < -0.39 is 6.10 Å². The fourth-order valence-electron chi connectivity index (χ4n) is 8.80. The van der Waals surface area contributed by atoms with Gasteiger partial charge in [-0.25, -0.2) is 0 Å². The van der Waals surface area contributed by atoms with E-state index in [-0.39, 0.29) is 31.1 Å². The van der Waals surface area contributed by atoms with E-state index in [0.29, 0.717) is 19.3 Å². The Morgan fingerprint density at radius 1 is 0.254 bits per heavy atom. The third-order valence-electron chi connectivity index (χ3n) is 13.1. The maximum Gasteiger partial charge on any atom is 0.306 e. The van der Waals surface area contributed by atoms with E-state index >= 15 is 0 Å². The fraction of sp³-hybridized carbons (Fsp3) is 0.947. The summed E-state index contributed by atoms with van der Waals surface area (Å²) in [7, 11) is 0. The van der Waals surface area contributed by atoms with E-state index in [1.54, 1.807) is 0 Å². The zero-order valence-electron chi connectivity index (χ0n) is 42.9. The Kier molecular flexibility index (Phi) is 51.7. The molecule has 0 aliphatic carbocycles. The first kappa shape index (κ1) is 61.4. The van der Waals surface area contributed by atoms with Gasteiger partial charge < -0.3 is 14.2 Å². The maximum atomic E-state index is 12.7. The molecule has 0 spiro atoms. The molecule has 0 radical (unpaired) electrons. The molecule has 63 heavy (non-hydrogen) atoms. The van der Waals surface area contributed by atoms with E-state index in [2.05, 4.69) is 20.8 Å². The van der Waals surface area contributed by atoms with Crippen molar-refractivity contribution in [1.29, 1.82) is 0 Å². The summed E-state index contributed by atoms with van der Waals surface area (Å²) in [5.41, 5.74) is 0. The molecule has 0 rings (SSSR count). The molecule has 0 fully saturated rings. The molecule has 0 bridgehead atoms. The fourth-order valence-corrected chi connectivity index (χ4v) is 8.80.